The molecule has 2 heterocycles. The average molecular weight is 342 g/mol. The van der Waals surface area contributed by atoms with Crippen molar-refractivity contribution < 1.29 is 4.42 Å². The van der Waals surface area contributed by atoms with E-state index in [1.165, 1.54) is 0 Å². The van der Waals surface area contributed by atoms with Gasteiger partial charge in [0.15, 0.2) is 0 Å². The maximum absolute atomic E-state index is 11.3. The molecule has 3 aromatic rings. The molecule has 98 valence electrons. The second kappa shape index (κ2) is 4.58. The van der Waals surface area contributed by atoms with Crippen molar-refractivity contribution in [2.45, 2.75) is 12.3 Å². The molecule has 0 radical (unpaired) electrons. The fourth-order valence-electron chi connectivity index (χ4n) is 2.01. The number of benzene rings is 1. The van der Waals surface area contributed by atoms with E-state index >= 15 is 0 Å². The molecule has 0 aliphatic rings. The fraction of sp³-hybridized carbons (Fsp3) is 0.154. The first-order valence-electron chi connectivity index (χ1n) is 5.66. The van der Waals surface area contributed by atoms with Gasteiger partial charge in [-0.25, -0.2) is 4.79 Å². The summed E-state index contributed by atoms with van der Waals surface area (Å²) in [7, 11) is 0. The second-order valence-electron chi connectivity index (χ2n) is 4.31. The van der Waals surface area contributed by atoms with Gasteiger partial charge < -0.3 is 14.4 Å². The summed E-state index contributed by atoms with van der Waals surface area (Å²) in [6.07, 6.45) is 0. The lowest BCUT2D eigenvalue weighted by atomic mass is 10.1. The quantitative estimate of drug-likeness (QED) is 0.696. The molecule has 1 atom stereocenters. The number of rotatable bonds is 2. The number of aromatic nitrogens is 2. The highest BCUT2D eigenvalue weighted by Gasteiger charge is 2.18. The number of H-pyrrole nitrogens is 2. The molecule has 6 heteroatoms. The van der Waals surface area contributed by atoms with Gasteiger partial charge in [0.25, 0.3) is 0 Å². The van der Waals surface area contributed by atoms with Crippen LogP contribution in [0, 0.1) is 6.92 Å². The lowest BCUT2D eigenvalue weighted by molar-refractivity contribution is 0.489. The number of halogens is 2. The number of alkyl halides is 1. The molecule has 19 heavy (non-hydrogen) atoms. The van der Waals surface area contributed by atoms with Crippen LogP contribution < -0.4 is 5.69 Å². The molecule has 0 fully saturated rings. The van der Waals surface area contributed by atoms with Gasteiger partial charge in [-0.2, -0.15) is 0 Å². The first kappa shape index (κ1) is 12.6. The third kappa shape index (κ3) is 2.24. The Morgan fingerprint density at radius 3 is 2.58 bits per heavy atom. The molecule has 2 aromatic heterocycles. The third-order valence-corrected chi connectivity index (χ3v) is 4.05. The Bertz CT molecular complexity index is 802. The maximum atomic E-state index is 11.3. The SMILES string of the molecule is Cc1ccc(C(Cl)c2cc3[nH]c(=O)[nH]c3cc2Br)o1. The number of aryl methyl sites for hydroxylation is 1. The first-order valence-corrected chi connectivity index (χ1v) is 6.89. The molecule has 0 amide bonds. The summed E-state index contributed by atoms with van der Waals surface area (Å²) in [5.74, 6) is 1.49. The predicted molar refractivity (Wildman–Crippen MR) is 77.8 cm³/mol. The lowest BCUT2D eigenvalue weighted by Gasteiger charge is -2.09. The second-order valence-corrected chi connectivity index (χ2v) is 5.60. The van der Waals surface area contributed by atoms with E-state index in [0.29, 0.717) is 5.76 Å². The van der Waals surface area contributed by atoms with Crippen LogP contribution in [-0.2, 0) is 0 Å². The summed E-state index contributed by atoms with van der Waals surface area (Å²) in [5.41, 5.74) is 2.06. The summed E-state index contributed by atoms with van der Waals surface area (Å²) in [6, 6.07) is 7.39. The van der Waals surface area contributed by atoms with Crippen molar-refractivity contribution in [3.05, 3.63) is 56.3 Å². The van der Waals surface area contributed by atoms with Crippen LogP contribution in [0.5, 0.6) is 0 Å². The number of nitrogens with one attached hydrogen (secondary N) is 2. The number of aromatic amines is 2. The highest BCUT2D eigenvalue weighted by atomic mass is 79.9. The van der Waals surface area contributed by atoms with Crippen LogP contribution in [0.25, 0.3) is 11.0 Å². The van der Waals surface area contributed by atoms with Crippen LogP contribution in [0.15, 0.2) is 37.9 Å². The van der Waals surface area contributed by atoms with Crippen molar-refractivity contribution in [3.63, 3.8) is 0 Å². The molecule has 0 spiro atoms. The molecule has 0 aliphatic heterocycles. The van der Waals surface area contributed by atoms with Gasteiger partial charge in [0.1, 0.15) is 16.9 Å². The van der Waals surface area contributed by atoms with E-state index < -0.39 is 5.38 Å². The Hall–Kier alpha value is -1.46. The van der Waals surface area contributed by atoms with Crippen LogP contribution in [0.4, 0.5) is 0 Å². The van der Waals surface area contributed by atoms with Gasteiger partial charge in [-0.05, 0) is 36.8 Å². The van der Waals surface area contributed by atoms with E-state index in [-0.39, 0.29) is 5.69 Å². The van der Waals surface area contributed by atoms with Crippen molar-refractivity contribution in [2.75, 3.05) is 0 Å². The van der Waals surface area contributed by atoms with Crippen LogP contribution in [0.2, 0.25) is 0 Å². The Morgan fingerprint density at radius 1 is 1.26 bits per heavy atom. The van der Waals surface area contributed by atoms with E-state index in [1.807, 2.05) is 31.2 Å². The number of furan rings is 1. The Labute approximate surface area is 121 Å². The summed E-state index contributed by atoms with van der Waals surface area (Å²) >= 11 is 9.90. The maximum Gasteiger partial charge on any atom is 0.323 e. The molecule has 0 bridgehead atoms. The molecule has 4 nitrogen and oxygen atoms in total. The standard InChI is InChI=1S/C13H10BrClN2O2/c1-6-2-3-11(19-6)12(15)7-4-9-10(5-8(7)14)17-13(18)16-9/h2-5,12H,1H3,(H2,16,17,18). The third-order valence-electron chi connectivity index (χ3n) is 2.92. The van der Waals surface area contributed by atoms with Crippen molar-refractivity contribution in [1.82, 2.24) is 9.97 Å². The molecule has 0 saturated heterocycles. The van der Waals surface area contributed by atoms with Crippen LogP contribution in [0.3, 0.4) is 0 Å². The minimum absolute atomic E-state index is 0.237. The average Bonchev–Trinajstić information content (AvgIpc) is 2.92. The van der Waals surface area contributed by atoms with Gasteiger partial charge in [0.2, 0.25) is 0 Å². The Balaban J connectivity index is 2.13. The predicted octanol–water partition coefficient (Wildman–Crippen LogP) is 3.85. The topological polar surface area (TPSA) is 61.8 Å². The van der Waals surface area contributed by atoms with Gasteiger partial charge in [-0.1, -0.05) is 15.9 Å². The molecule has 0 aliphatic carbocycles. The van der Waals surface area contributed by atoms with E-state index in [4.69, 9.17) is 16.0 Å². The zero-order valence-corrected chi connectivity index (χ0v) is 12.3. The highest BCUT2D eigenvalue weighted by Crippen LogP contribution is 2.36. The number of hydrogen-bond donors (Lipinski definition) is 2. The largest absolute Gasteiger partial charge is 0.464 e. The van der Waals surface area contributed by atoms with Gasteiger partial charge in [0.05, 0.1) is 11.0 Å². The zero-order chi connectivity index (χ0) is 13.6. The number of imidazole rings is 1. The van der Waals surface area contributed by atoms with Gasteiger partial charge in [-0.15, -0.1) is 11.6 Å². The molecule has 3 rings (SSSR count). The minimum Gasteiger partial charge on any atom is -0.464 e. The normalized spacial score (nSPS) is 13.0. The Morgan fingerprint density at radius 2 is 1.95 bits per heavy atom. The highest BCUT2D eigenvalue weighted by molar-refractivity contribution is 9.10. The van der Waals surface area contributed by atoms with E-state index in [0.717, 1.165) is 26.8 Å². The first-order chi connectivity index (χ1) is 9.04. The van der Waals surface area contributed by atoms with E-state index in [1.54, 1.807) is 0 Å². The van der Waals surface area contributed by atoms with Gasteiger partial charge in [0, 0.05) is 4.47 Å². The van der Waals surface area contributed by atoms with Crippen molar-refractivity contribution in [3.8, 4) is 0 Å². The summed E-state index contributed by atoms with van der Waals surface area (Å²) in [5, 5.41) is -0.411. The van der Waals surface area contributed by atoms with Crippen molar-refractivity contribution >= 4 is 38.6 Å². The number of fused-ring (bicyclic) bond motifs is 1. The zero-order valence-electron chi connectivity index (χ0n) is 9.96. The van der Waals surface area contributed by atoms with Gasteiger partial charge >= 0.3 is 5.69 Å². The van der Waals surface area contributed by atoms with E-state index in [2.05, 4.69) is 25.9 Å². The summed E-state index contributed by atoms with van der Waals surface area (Å²) < 4.78 is 6.36. The Kier molecular flexibility index (Phi) is 3.03. The van der Waals surface area contributed by atoms with E-state index in [9.17, 15) is 4.79 Å². The lowest BCUT2D eigenvalue weighted by Crippen LogP contribution is -1.99. The minimum atomic E-state index is -0.411. The van der Waals surface area contributed by atoms with Crippen molar-refractivity contribution in [2.24, 2.45) is 0 Å². The van der Waals surface area contributed by atoms with Crippen molar-refractivity contribution in [1.29, 1.82) is 0 Å². The monoisotopic (exact) mass is 340 g/mol. The molecular formula is C13H10BrClN2O2. The molecule has 2 N–H and O–H groups in total. The molecule has 1 aromatic carbocycles. The van der Waals surface area contributed by atoms with Gasteiger partial charge in [-0.3, -0.25) is 0 Å². The molecule has 0 saturated carbocycles. The summed E-state index contributed by atoms with van der Waals surface area (Å²) in [6.45, 7) is 1.87. The molecular weight excluding hydrogens is 332 g/mol. The molecule has 1 unspecified atom stereocenters. The number of hydrogen-bond acceptors (Lipinski definition) is 2. The van der Waals surface area contributed by atoms with Crippen LogP contribution in [-0.4, -0.2) is 9.97 Å². The smallest absolute Gasteiger partial charge is 0.323 e. The fourth-order valence-corrected chi connectivity index (χ4v) is 3.01. The van der Waals surface area contributed by atoms with Crippen LogP contribution in [0.1, 0.15) is 22.5 Å². The van der Waals surface area contributed by atoms with Crippen LogP contribution >= 0.6 is 27.5 Å². The summed E-state index contributed by atoms with van der Waals surface area (Å²) in [4.78, 5) is 16.7.